The van der Waals surface area contributed by atoms with Gasteiger partial charge < -0.3 is 14.8 Å². The van der Waals surface area contributed by atoms with Gasteiger partial charge in [-0.05, 0) is 38.0 Å². The maximum Gasteiger partial charge on any atom is 0.341 e. The largest absolute Gasteiger partial charge is 0.463 e. The van der Waals surface area contributed by atoms with Gasteiger partial charge in [0.2, 0.25) is 5.91 Å². The number of esters is 2. The van der Waals surface area contributed by atoms with E-state index in [1.807, 2.05) is 6.92 Å². The van der Waals surface area contributed by atoms with Crippen LogP contribution in [0.1, 0.15) is 49.5 Å². The number of hydrogen-bond donors (Lipinski definition) is 1. The Morgan fingerprint density at radius 1 is 1.17 bits per heavy atom. The third kappa shape index (κ3) is 6.20. The van der Waals surface area contributed by atoms with Crippen molar-refractivity contribution in [1.29, 1.82) is 0 Å². The summed E-state index contributed by atoms with van der Waals surface area (Å²) in [5, 5.41) is 2.60. The van der Waals surface area contributed by atoms with E-state index in [9.17, 15) is 14.4 Å². The topological polar surface area (TPSA) is 94.6 Å². The maximum atomic E-state index is 12.1. The molecule has 1 amide bonds. The molecule has 1 aromatic heterocycles. The Kier molecular flexibility index (Phi) is 8.18. The summed E-state index contributed by atoms with van der Waals surface area (Å²) >= 11 is 0. The van der Waals surface area contributed by atoms with Crippen molar-refractivity contribution in [1.82, 2.24) is 4.98 Å². The fourth-order valence-electron chi connectivity index (χ4n) is 1.81. The van der Waals surface area contributed by atoms with E-state index >= 15 is 0 Å². The molecule has 0 saturated heterocycles. The van der Waals surface area contributed by atoms with E-state index in [4.69, 9.17) is 9.47 Å². The highest BCUT2D eigenvalue weighted by Gasteiger charge is 2.16. The molecule has 0 saturated carbocycles. The number of carbonyl (C=O) groups excluding carboxylic acids is 3. The monoisotopic (exact) mass is 334 g/mol. The minimum Gasteiger partial charge on any atom is -0.463 e. The zero-order valence-electron chi connectivity index (χ0n) is 14.1. The number of carbonyl (C=O) groups is 3. The van der Waals surface area contributed by atoms with Crippen LogP contribution in [0.3, 0.4) is 0 Å². The molecule has 0 radical (unpaired) electrons. The third-order valence-corrected chi connectivity index (χ3v) is 2.84. The molecule has 0 unspecified atom stereocenters. The van der Waals surface area contributed by atoms with Gasteiger partial charge in [-0.15, -0.1) is 0 Å². The minimum absolute atomic E-state index is 0.132. The Hall–Kier alpha value is -2.70. The molecule has 1 heterocycles. The molecule has 1 aromatic rings. The smallest absolute Gasteiger partial charge is 0.341 e. The van der Waals surface area contributed by atoms with Crippen LogP contribution < -0.4 is 5.32 Å². The van der Waals surface area contributed by atoms with E-state index in [0.29, 0.717) is 18.4 Å². The number of anilines is 1. The molecule has 0 spiro atoms. The molecule has 0 aliphatic carbocycles. The first kappa shape index (κ1) is 19.3. The van der Waals surface area contributed by atoms with Crippen molar-refractivity contribution in [3.05, 3.63) is 29.5 Å². The van der Waals surface area contributed by atoms with Gasteiger partial charge in [0.05, 0.1) is 13.2 Å². The van der Waals surface area contributed by atoms with Crippen molar-refractivity contribution in [2.24, 2.45) is 0 Å². The van der Waals surface area contributed by atoms with Crippen LogP contribution in [0.15, 0.2) is 18.3 Å². The van der Waals surface area contributed by atoms with Gasteiger partial charge in [0.15, 0.2) is 0 Å². The second-order valence-electron chi connectivity index (χ2n) is 4.77. The average molecular weight is 334 g/mol. The Bertz CT molecular complexity index is 625. The van der Waals surface area contributed by atoms with Gasteiger partial charge in [-0.1, -0.05) is 6.92 Å². The van der Waals surface area contributed by atoms with Gasteiger partial charge in [-0.2, -0.15) is 0 Å². The Morgan fingerprint density at radius 3 is 2.50 bits per heavy atom. The van der Waals surface area contributed by atoms with Gasteiger partial charge in [-0.25, -0.2) is 14.6 Å². The van der Waals surface area contributed by atoms with Crippen molar-refractivity contribution in [2.75, 3.05) is 18.5 Å². The zero-order valence-corrected chi connectivity index (χ0v) is 14.1. The molecule has 0 atom stereocenters. The van der Waals surface area contributed by atoms with E-state index in [-0.39, 0.29) is 30.5 Å². The normalized spacial score (nSPS) is 10.5. The van der Waals surface area contributed by atoms with Crippen molar-refractivity contribution < 1.29 is 23.9 Å². The first-order valence-electron chi connectivity index (χ1n) is 7.83. The summed E-state index contributed by atoms with van der Waals surface area (Å²) in [5.41, 5.74) is 0.645. The summed E-state index contributed by atoms with van der Waals surface area (Å²) in [4.78, 5) is 39.2. The van der Waals surface area contributed by atoms with Crippen molar-refractivity contribution in [2.45, 2.75) is 33.6 Å². The molecule has 0 aliphatic heterocycles. The minimum atomic E-state index is -0.594. The molecule has 0 aliphatic rings. The van der Waals surface area contributed by atoms with Crippen LogP contribution in [0.25, 0.3) is 6.08 Å². The molecule has 0 bridgehead atoms. The highest BCUT2D eigenvalue weighted by atomic mass is 16.5. The predicted octanol–water partition coefficient (Wildman–Crippen LogP) is 2.57. The number of aromatic nitrogens is 1. The molecule has 130 valence electrons. The second-order valence-corrected chi connectivity index (χ2v) is 4.77. The lowest BCUT2D eigenvalue weighted by atomic mass is 10.1. The predicted molar refractivity (Wildman–Crippen MR) is 89.4 cm³/mol. The molecular formula is C17H22N2O5. The van der Waals surface area contributed by atoms with Crippen LogP contribution in [0.2, 0.25) is 0 Å². The van der Waals surface area contributed by atoms with Crippen LogP contribution in [0, 0.1) is 0 Å². The van der Waals surface area contributed by atoms with E-state index in [1.165, 1.54) is 24.4 Å². The number of nitrogens with one attached hydrogen (secondary N) is 1. The summed E-state index contributed by atoms with van der Waals surface area (Å²) < 4.78 is 9.77. The number of hydrogen-bond acceptors (Lipinski definition) is 6. The van der Waals surface area contributed by atoms with Gasteiger partial charge in [-0.3, -0.25) is 4.79 Å². The number of rotatable bonds is 8. The summed E-state index contributed by atoms with van der Waals surface area (Å²) in [7, 11) is 0. The second kappa shape index (κ2) is 10.1. The summed E-state index contributed by atoms with van der Waals surface area (Å²) in [5.74, 6) is -1.18. The van der Waals surface area contributed by atoms with Gasteiger partial charge in [0.1, 0.15) is 11.4 Å². The SMILES string of the molecule is CCCC(=O)Nc1ncc(C=CC(=O)OCC)cc1C(=O)OCC. The van der Waals surface area contributed by atoms with E-state index in [0.717, 1.165) is 0 Å². The first-order chi connectivity index (χ1) is 11.5. The molecule has 0 fully saturated rings. The van der Waals surface area contributed by atoms with Gasteiger partial charge >= 0.3 is 11.9 Å². The molecule has 24 heavy (non-hydrogen) atoms. The molecule has 0 aromatic carbocycles. The van der Waals surface area contributed by atoms with Crippen molar-refractivity contribution >= 4 is 29.7 Å². The zero-order chi connectivity index (χ0) is 17.9. The fraction of sp³-hybridized carbons (Fsp3) is 0.412. The number of amides is 1. The van der Waals surface area contributed by atoms with Crippen LogP contribution in [0.5, 0.6) is 0 Å². The lowest BCUT2D eigenvalue weighted by Gasteiger charge is -2.10. The first-order valence-corrected chi connectivity index (χ1v) is 7.83. The third-order valence-electron chi connectivity index (χ3n) is 2.84. The van der Waals surface area contributed by atoms with Crippen molar-refractivity contribution in [3.8, 4) is 0 Å². The van der Waals surface area contributed by atoms with Crippen LogP contribution in [-0.4, -0.2) is 36.0 Å². The Morgan fingerprint density at radius 2 is 1.88 bits per heavy atom. The highest BCUT2D eigenvalue weighted by molar-refractivity contribution is 6.00. The highest BCUT2D eigenvalue weighted by Crippen LogP contribution is 2.17. The quantitative estimate of drug-likeness (QED) is 0.580. The van der Waals surface area contributed by atoms with E-state index in [2.05, 4.69) is 10.3 Å². The van der Waals surface area contributed by atoms with Crippen LogP contribution in [-0.2, 0) is 19.1 Å². The summed E-state index contributed by atoms with van der Waals surface area (Å²) in [6, 6.07) is 1.50. The van der Waals surface area contributed by atoms with Crippen LogP contribution in [0.4, 0.5) is 5.82 Å². The molecule has 1 N–H and O–H groups in total. The lowest BCUT2D eigenvalue weighted by molar-refractivity contribution is -0.137. The fourth-order valence-corrected chi connectivity index (χ4v) is 1.81. The maximum absolute atomic E-state index is 12.1. The van der Waals surface area contributed by atoms with Gasteiger partial charge in [0, 0.05) is 18.7 Å². The van der Waals surface area contributed by atoms with Crippen LogP contribution >= 0.6 is 0 Å². The molecule has 7 heteroatoms. The van der Waals surface area contributed by atoms with Crippen molar-refractivity contribution in [3.63, 3.8) is 0 Å². The number of ether oxygens (including phenoxy) is 2. The summed E-state index contributed by atoms with van der Waals surface area (Å²) in [6.45, 7) is 5.75. The number of pyridine rings is 1. The molecular weight excluding hydrogens is 312 g/mol. The Labute approximate surface area is 141 Å². The average Bonchev–Trinajstić information content (AvgIpc) is 2.54. The molecule has 7 nitrogen and oxygen atoms in total. The molecule has 1 rings (SSSR count). The lowest BCUT2D eigenvalue weighted by Crippen LogP contribution is -2.16. The summed E-state index contributed by atoms with van der Waals surface area (Å²) in [6.07, 6.45) is 5.17. The van der Waals surface area contributed by atoms with Gasteiger partial charge in [0.25, 0.3) is 0 Å². The van der Waals surface area contributed by atoms with E-state index < -0.39 is 11.9 Å². The number of nitrogens with zero attached hydrogens (tertiary/aromatic N) is 1. The van der Waals surface area contributed by atoms with E-state index in [1.54, 1.807) is 13.8 Å². The standard InChI is InChI=1S/C17H22N2O5/c1-4-7-14(20)19-16-13(17(22)24-6-3)10-12(11-18-16)8-9-15(21)23-5-2/h8-11H,4-7H2,1-3H3,(H,18,19,20). The Balaban J connectivity index is 3.06.